The Morgan fingerprint density at radius 3 is 1.69 bits per heavy atom. The molecule has 0 rings (SSSR count). The quantitative estimate of drug-likeness (QED) is 0.0397. The van der Waals surface area contributed by atoms with Gasteiger partial charge >= 0.3 is 12.1 Å². The average Bonchev–Trinajstić information content (AvgIpc) is 3.08. The number of nitrogens with zero attached hydrogens (tertiary/aromatic N) is 1. The first-order valence-corrected chi connectivity index (χ1v) is 20.5. The molecule has 0 radical (unpaired) electrons. The minimum Gasteiger partial charge on any atom is -0.462 e. The first kappa shape index (κ1) is 46.4. The van der Waals surface area contributed by atoms with Crippen molar-refractivity contribution < 1.29 is 28.9 Å². The van der Waals surface area contributed by atoms with Crippen LogP contribution in [-0.2, 0) is 19.0 Å². The highest BCUT2D eigenvalue weighted by atomic mass is 16.7. The number of aliphatic hydroxyl groups is 1. The molecule has 0 aliphatic carbocycles. The fourth-order valence-corrected chi connectivity index (χ4v) is 6.02. The third-order valence-corrected chi connectivity index (χ3v) is 9.06. The molecule has 0 aliphatic heterocycles. The van der Waals surface area contributed by atoms with Crippen LogP contribution in [0.5, 0.6) is 0 Å². The Bertz CT molecular complexity index is 699. The Balaban J connectivity index is 4.02. The molecule has 0 atom stereocenters. The van der Waals surface area contributed by atoms with Gasteiger partial charge in [0, 0.05) is 13.0 Å². The molecule has 1 N–H and O–H groups in total. The summed E-state index contributed by atoms with van der Waals surface area (Å²) >= 11 is 0. The van der Waals surface area contributed by atoms with Crippen molar-refractivity contribution in [2.75, 3.05) is 39.5 Å². The maximum atomic E-state index is 12.7. The maximum Gasteiger partial charge on any atom is 0.508 e. The van der Waals surface area contributed by atoms with E-state index in [2.05, 4.69) is 37.8 Å². The van der Waals surface area contributed by atoms with Crippen molar-refractivity contribution in [3.8, 4) is 0 Å². The summed E-state index contributed by atoms with van der Waals surface area (Å²) in [6, 6.07) is 0. The number of rotatable bonds is 37. The molecule has 0 aromatic rings. The Hall–Kier alpha value is -1.60. The van der Waals surface area contributed by atoms with E-state index in [4.69, 9.17) is 14.2 Å². The highest BCUT2D eigenvalue weighted by Crippen LogP contribution is 2.18. The number of hydrogen-bond donors (Lipinski definition) is 1. The number of hydrogen-bond acceptors (Lipinski definition) is 7. The molecule has 7 nitrogen and oxygen atoms in total. The van der Waals surface area contributed by atoms with Crippen LogP contribution in [-0.4, -0.2) is 67.7 Å². The lowest BCUT2D eigenvalue weighted by Gasteiger charge is -2.21. The molecule has 0 aromatic carbocycles. The number of carbonyl (C=O) groups is 2. The molecule has 0 aromatic heterocycles. The second-order valence-electron chi connectivity index (χ2n) is 13.7. The summed E-state index contributed by atoms with van der Waals surface area (Å²) in [7, 11) is 0. The minimum atomic E-state index is -0.587. The fraction of sp³-hybridized carbons (Fsp3) is 0.902. The summed E-state index contributed by atoms with van der Waals surface area (Å²) in [5.74, 6) is -0.00588. The van der Waals surface area contributed by atoms with Crippen LogP contribution in [0.3, 0.4) is 0 Å². The van der Waals surface area contributed by atoms with Gasteiger partial charge in [0.1, 0.15) is 6.10 Å². The molecule has 48 heavy (non-hydrogen) atoms. The van der Waals surface area contributed by atoms with E-state index in [-0.39, 0.29) is 18.7 Å². The van der Waals surface area contributed by atoms with Crippen LogP contribution in [0, 0.1) is 0 Å². The molecular formula is C41H79NO6. The Morgan fingerprint density at radius 1 is 0.562 bits per heavy atom. The molecule has 0 spiro atoms. The number of unbranched alkanes of at least 4 members (excludes halogenated alkanes) is 18. The van der Waals surface area contributed by atoms with E-state index in [1.807, 2.05) is 0 Å². The number of allylic oxidation sites excluding steroid dienone is 1. The Kier molecular flexibility index (Phi) is 36.9. The van der Waals surface area contributed by atoms with Crippen LogP contribution in [0.15, 0.2) is 12.2 Å². The van der Waals surface area contributed by atoms with E-state index in [1.165, 1.54) is 96.3 Å². The van der Waals surface area contributed by atoms with Crippen molar-refractivity contribution in [1.29, 1.82) is 0 Å². The maximum absolute atomic E-state index is 12.7. The van der Waals surface area contributed by atoms with E-state index in [1.54, 1.807) is 0 Å². The smallest absolute Gasteiger partial charge is 0.462 e. The van der Waals surface area contributed by atoms with Gasteiger partial charge in [0.05, 0.1) is 19.8 Å². The van der Waals surface area contributed by atoms with Gasteiger partial charge in [0.15, 0.2) is 0 Å². The normalized spacial score (nSPS) is 11.6. The Morgan fingerprint density at radius 2 is 1.06 bits per heavy atom. The first-order valence-electron chi connectivity index (χ1n) is 20.5. The zero-order chi connectivity index (χ0) is 35.2. The van der Waals surface area contributed by atoms with Crippen molar-refractivity contribution in [3.63, 3.8) is 0 Å². The van der Waals surface area contributed by atoms with Gasteiger partial charge in [-0.25, -0.2) is 4.79 Å². The van der Waals surface area contributed by atoms with Crippen molar-refractivity contribution in [2.45, 2.75) is 200 Å². The lowest BCUT2D eigenvalue weighted by atomic mass is 10.0. The molecule has 7 heteroatoms. The second kappa shape index (κ2) is 38.2. The SMILES string of the molecule is CCCCCC=CCCOC(=O)OCCCCN(CCO)CCCCCCCC(=O)OC(CCCCCCCC)CCCCCCCC. The van der Waals surface area contributed by atoms with Crippen LogP contribution in [0.2, 0.25) is 0 Å². The molecule has 0 bridgehead atoms. The van der Waals surface area contributed by atoms with Gasteiger partial charge < -0.3 is 24.2 Å². The third kappa shape index (κ3) is 34.3. The van der Waals surface area contributed by atoms with Gasteiger partial charge in [-0.3, -0.25) is 4.79 Å². The number of esters is 1. The van der Waals surface area contributed by atoms with Crippen LogP contribution in [0.25, 0.3) is 0 Å². The van der Waals surface area contributed by atoms with Crippen LogP contribution < -0.4 is 0 Å². The molecule has 0 heterocycles. The largest absolute Gasteiger partial charge is 0.508 e. The van der Waals surface area contributed by atoms with Gasteiger partial charge in [0.25, 0.3) is 0 Å². The zero-order valence-electron chi connectivity index (χ0n) is 32.0. The van der Waals surface area contributed by atoms with E-state index in [0.717, 1.165) is 83.7 Å². The summed E-state index contributed by atoms with van der Waals surface area (Å²) in [5.41, 5.74) is 0. The second-order valence-corrected chi connectivity index (χ2v) is 13.7. The van der Waals surface area contributed by atoms with Gasteiger partial charge in [-0.15, -0.1) is 0 Å². The van der Waals surface area contributed by atoms with Crippen molar-refractivity contribution in [3.05, 3.63) is 12.2 Å². The van der Waals surface area contributed by atoms with Crippen molar-refractivity contribution in [2.24, 2.45) is 0 Å². The predicted molar refractivity (Wildman–Crippen MR) is 202 cm³/mol. The third-order valence-electron chi connectivity index (χ3n) is 9.06. The monoisotopic (exact) mass is 682 g/mol. The highest BCUT2D eigenvalue weighted by molar-refractivity contribution is 5.69. The predicted octanol–water partition coefficient (Wildman–Crippen LogP) is 11.5. The number of ether oxygens (including phenoxy) is 3. The van der Waals surface area contributed by atoms with Crippen LogP contribution in [0.4, 0.5) is 4.79 Å². The average molecular weight is 682 g/mol. The first-order chi connectivity index (χ1) is 23.6. The molecule has 284 valence electrons. The molecule has 0 saturated heterocycles. The topological polar surface area (TPSA) is 85.3 Å². The molecule has 0 unspecified atom stereocenters. The standard InChI is InChI=1S/C41H79NO6/c1-4-7-10-13-16-22-28-37-46-41(45)47-38-29-27-34-42(35-36-43)33-26-21-17-20-25-32-40(44)48-39(30-23-18-14-11-8-5-2)31-24-19-15-12-9-6-3/h16,22,39,43H,4-15,17-21,23-38H2,1-3H3. The minimum absolute atomic E-state index is 0.00588. The van der Waals surface area contributed by atoms with Gasteiger partial charge in [-0.1, -0.05) is 129 Å². The summed E-state index contributed by atoms with van der Waals surface area (Å²) in [6.45, 7) is 10.1. The van der Waals surface area contributed by atoms with E-state index >= 15 is 0 Å². The Labute approximate surface area is 297 Å². The summed E-state index contributed by atoms with van der Waals surface area (Å²) < 4.78 is 16.3. The summed E-state index contributed by atoms with van der Waals surface area (Å²) in [6.07, 6.45) is 34.1. The fourth-order valence-electron chi connectivity index (χ4n) is 6.02. The van der Waals surface area contributed by atoms with E-state index < -0.39 is 6.16 Å². The number of carbonyl (C=O) groups excluding carboxylic acids is 2. The van der Waals surface area contributed by atoms with Crippen LogP contribution >= 0.6 is 0 Å². The van der Waals surface area contributed by atoms with Gasteiger partial charge in [-0.2, -0.15) is 0 Å². The summed E-state index contributed by atoms with van der Waals surface area (Å²) in [5, 5.41) is 9.48. The van der Waals surface area contributed by atoms with Gasteiger partial charge in [-0.05, 0) is 83.7 Å². The molecular weight excluding hydrogens is 602 g/mol. The number of aliphatic hydroxyl groups excluding tert-OH is 1. The lowest BCUT2D eigenvalue weighted by Crippen LogP contribution is -2.29. The summed E-state index contributed by atoms with van der Waals surface area (Å²) in [4.78, 5) is 26.7. The van der Waals surface area contributed by atoms with E-state index in [0.29, 0.717) is 26.2 Å². The van der Waals surface area contributed by atoms with E-state index in [9.17, 15) is 14.7 Å². The zero-order valence-corrected chi connectivity index (χ0v) is 32.0. The van der Waals surface area contributed by atoms with Crippen molar-refractivity contribution >= 4 is 12.1 Å². The van der Waals surface area contributed by atoms with Gasteiger partial charge in [0.2, 0.25) is 0 Å². The lowest BCUT2D eigenvalue weighted by molar-refractivity contribution is -0.150. The molecule has 0 fully saturated rings. The van der Waals surface area contributed by atoms with Crippen molar-refractivity contribution in [1.82, 2.24) is 4.90 Å². The molecule has 0 aliphatic rings. The molecule has 0 amide bonds. The highest BCUT2D eigenvalue weighted by Gasteiger charge is 2.14. The molecule has 0 saturated carbocycles. The van der Waals surface area contributed by atoms with Crippen LogP contribution in [0.1, 0.15) is 194 Å².